The number of carbonyl (C=O) groups is 4. The van der Waals surface area contributed by atoms with Gasteiger partial charge in [-0.25, -0.2) is 9.97 Å². The van der Waals surface area contributed by atoms with Crippen LogP contribution in [-0.2, 0) is 14.3 Å². The van der Waals surface area contributed by atoms with Crippen LogP contribution < -0.4 is 20.4 Å². The van der Waals surface area contributed by atoms with Gasteiger partial charge < -0.3 is 35.4 Å². The van der Waals surface area contributed by atoms with Gasteiger partial charge in [0.25, 0.3) is 11.8 Å². The number of carbonyl (C=O) groups excluding carboxylic acids is 2. The lowest BCUT2D eigenvalue weighted by Gasteiger charge is -2.56. The lowest BCUT2D eigenvalue weighted by atomic mass is 9.53. The summed E-state index contributed by atoms with van der Waals surface area (Å²) >= 11 is 3.27. The van der Waals surface area contributed by atoms with Gasteiger partial charge in [-0.2, -0.15) is 0 Å². The molecule has 7 aliphatic rings. The largest absolute Gasteiger partial charge is 0.481 e. The summed E-state index contributed by atoms with van der Waals surface area (Å²) in [6.07, 6.45) is 15.5. The molecule has 0 radical (unpaired) electrons. The number of hydrogen-bond donors (Lipinski definition) is 4. The van der Waals surface area contributed by atoms with Crippen LogP contribution in [0.4, 0.5) is 11.6 Å². The maximum Gasteiger partial charge on any atom is 0.303 e. The second-order valence-electron chi connectivity index (χ2n) is 18.9. The van der Waals surface area contributed by atoms with E-state index in [-0.39, 0.29) is 48.1 Å². The van der Waals surface area contributed by atoms with Gasteiger partial charge in [0.05, 0.1) is 11.1 Å². The molecule has 3 aliphatic heterocycles. The summed E-state index contributed by atoms with van der Waals surface area (Å²) < 4.78 is 5.37. The number of anilines is 2. The number of nitrogens with zero attached hydrogens (tertiary/aromatic N) is 4. The lowest BCUT2D eigenvalue weighted by molar-refractivity contribution is -0.139. The van der Waals surface area contributed by atoms with Gasteiger partial charge in [-0.05, 0) is 155 Å². The first kappa shape index (κ1) is 46.4. The summed E-state index contributed by atoms with van der Waals surface area (Å²) in [4.78, 5) is 62.8. The number of carboxylic acids is 2. The van der Waals surface area contributed by atoms with Crippen molar-refractivity contribution in [3.63, 3.8) is 0 Å². The number of nitrogens with one attached hydrogen (secondary N) is 2. The van der Waals surface area contributed by atoms with E-state index < -0.39 is 11.9 Å². The molecule has 4 saturated carbocycles. The number of rotatable bonds is 16. The van der Waals surface area contributed by atoms with E-state index >= 15 is 0 Å². The average Bonchev–Trinajstić information content (AvgIpc) is 3.24. The average molecular weight is 893 g/mol. The molecule has 5 heterocycles. The normalized spacial score (nSPS) is 27.0. The number of amides is 2. The van der Waals surface area contributed by atoms with Gasteiger partial charge in [-0.15, -0.1) is 23.5 Å². The fourth-order valence-electron chi connectivity index (χ4n) is 11.2. The Kier molecular flexibility index (Phi) is 16.4. The monoisotopic (exact) mass is 892 g/mol. The Bertz CT molecular complexity index is 1840. The number of aliphatic carboxylic acids is 2. The van der Waals surface area contributed by atoms with Crippen molar-refractivity contribution in [2.75, 3.05) is 60.7 Å². The summed E-state index contributed by atoms with van der Waals surface area (Å²) in [5, 5.41) is 26.5. The SMILES string of the molecule is CCCSc1nc(N2CCC[C@@H](CC(=O)O)C2)ccc1C(=O)NC12CC3CC(CC(C3)C1)C2.CCCSc1nc(N2CCC[C@@H](CC(=O)O)C2)ccc1C(=O)NC1CCOCC1. The minimum absolute atomic E-state index is 0.00583. The van der Waals surface area contributed by atoms with Crippen molar-refractivity contribution in [3.8, 4) is 0 Å². The molecule has 0 spiro atoms. The molecule has 2 aromatic heterocycles. The van der Waals surface area contributed by atoms with E-state index in [1.54, 1.807) is 23.5 Å². The number of hydrogen-bond acceptors (Lipinski definition) is 11. The Morgan fingerprint density at radius 1 is 0.710 bits per heavy atom. The highest BCUT2D eigenvalue weighted by Gasteiger charge is 2.51. The third kappa shape index (κ3) is 12.4. The summed E-state index contributed by atoms with van der Waals surface area (Å²) in [5.74, 6) is 4.71. The van der Waals surface area contributed by atoms with Crippen LogP contribution in [0.3, 0.4) is 0 Å². The fraction of sp³-hybridized carbons (Fsp3) is 0.702. The van der Waals surface area contributed by atoms with Gasteiger partial charge in [-0.1, -0.05) is 13.8 Å². The molecule has 4 bridgehead atoms. The first-order chi connectivity index (χ1) is 30.0. The molecule has 7 fully saturated rings. The Labute approximate surface area is 376 Å². The zero-order valence-corrected chi connectivity index (χ0v) is 38.4. The first-order valence-electron chi connectivity index (χ1n) is 23.4. The maximum absolute atomic E-state index is 13.5. The molecule has 2 aromatic rings. The predicted octanol–water partition coefficient (Wildman–Crippen LogP) is 8.16. The molecule has 0 aromatic carbocycles. The van der Waals surface area contributed by atoms with Crippen molar-refractivity contribution in [2.24, 2.45) is 29.6 Å². The molecule has 4 aliphatic carbocycles. The highest BCUT2D eigenvalue weighted by atomic mass is 32.2. The van der Waals surface area contributed by atoms with Crippen molar-refractivity contribution in [2.45, 2.75) is 138 Å². The van der Waals surface area contributed by atoms with E-state index in [1.807, 2.05) is 24.3 Å². The molecule has 4 N–H and O–H groups in total. The number of pyridine rings is 2. The van der Waals surface area contributed by atoms with Crippen LogP contribution in [0.15, 0.2) is 34.3 Å². The van der Waals surface area contributed by atoms with Crippen LogP contribution >= 0.6 is 23.5 Å². The number of carboxylic acid groups (broad SMARTS) is 2. The van der Waals surface area contributed by atoms with Crippen LogP contribution in [0.5, 0.6) is 0 Å². The third-order valence-corrected chi connectivity index (χ3v) is 16.0. The molecule has 340 valence electrons. The zero-order valence-electron chi connectivity index (χ0n) is 36.8. The van der Waals surface area contributed by atoms with Crippen molar-refractivity contribution >= 4 is 58.9 Å². The number of aromatic nitrogens is 2. The van der Waals surface area contributed by atoms with Crippen molar-refractivity contribution in [1.29, 1.82) is 0 Å². The van der Waals surface area contributed by atoms with E-state index in [0.717, 1.165) is 141 Å². The molecule has 3 saturated heterocycles. The summed E-state index contributed by atoms with van der Waals surface area (Å²) in [6.45, 7) is 8.81. The second kappa shape index (κ2) is 21.9. The molecule has 15 heteroatoms. The second-order valence-corrected chi connectivity index (χ2v) is 21.0. The minimum atomic E-state index is -0.746. The number of ether oxygens (including phenoxy) is 1. The van der Waals surface area contributed by atoms with Crippen molar-refractivity contribution in [3.05, 3.63) is 35.4 Å². The van der Waals surface area contributed by atoms with Crippen LogP contribution in [0, 0.1) is 29.6 Å². The Morgan fingerprint density at radius 2 is 1.18 bits per heavy atom. The summed E-state index contributed by atoms with van der Waals surface area (Å²) in [6, 6.07) is 7.84. The molecule has 9 rings (SSSR count). The first-order valence-corrected chi connectivity index (χ1v) is 25.4. The smallest absolute Gasteiger partial charge is 0.303 e. The van der Waals surface area contributed by atoms with Crippen LogP contribution in [0.25, 0.3) is 0 Å². The molecule has 2 amide bonds. The maximum atomic E-state index is 13.5. The van der Waals surface area contributed by atoms with Crippen molar-refractivity contribution < 1.29 is 34.1 Å². The molecular weight excluding hydrogens is 825 g/mol. The third-order valence-electron chi connectivity index (χ3n) is 13.7. The Hall–Kier alpha value is -3.56. The molecule has 0 unspecified atom stereocenters. The van der Waals surface area contributed by atoms with Crippen LogP contribution in [0.1, 0.15) is 137 Å². The number of piperidine rings is 2. The molecule has 62 heavy (non-hydrogen) atoms. The lowest BCUT2D eigenvalue weighted by Crippen LogP contribution is -2.59. The van der Waals surface area contributed by atoms with Gasteiger partial charge in [0.1, 0.15) is 21.7 Å². The van der Waals surface area contributed by atoms with Crippen LogP contribution in [-0.4, -0.2) is 106 Å². The van der Waals surface area contributed by atoms with Gasteiger partial charge in [0.15, 0.2) is 0 Å². The predicted molar refractivity (Wildman–Crippen MR) is 245 cm³/mol. The van der Waals surface area contributed by atoms with E-state index in [9.17, 15) is 24.3 Å². The highest BCUT2D eigenvalue weighted by molar-refractivity contribution is 7.99. The number of thioether (sulfide) groups is 2. The standard InChI is InChI=1S/C26H37N3O3S.C21H31N3O4S/c1-2-8-33-25-21(5-6-22(27-25)29-7-3-4-17(16-29)12-23(30)31)24(32)28-26-13-18-9-19(14-26)11-20(10-18)15-26;1-2-12-29-21-17(20(27)22-16-7-10-28-11-8-16)5-6-18(23-21)24-9-3-4-15(14-24)13-19(25)26/h5-6,17-20H,2-4,7-16H2,1H3,(H,28,32)(H,30,31);5-6,15-16H,2-4,7-14H2,1H3,(H,22,27)(H,25,26)/t17-,18?,19?,20?,26?;15-/m00/s1. The molecule has 13 nitrogen and oxygen atoms in total. The van der Waals surface area contributed by atoms with Gasteiger partial charge >= 0.3 is 11.9 Å². The molecular formula is C47H68N6O7S2. The van der Waals surface area contributed by atoms with E-state index in [2.05, 4.69) is 34.3 Å². The van der Waals surface area contributed by atoms with E-state index in [4.69, 9.17) is 19.8 Å². The minimum Gasteiger partial charge on any atom is -0.481 e. The summed E-state index contributed by atoms with van der Waals surface area (Å²) in [5.41, 5.74) is 1.32. The molecule has 2 atom stereocenters. The topological polar surface area (TPSA) is 174 Å². The van der Waals surface area contributed by atoms with Gasteiger partial charge in [-0.3, -0.25) is 19.2 Å². The Morgan fingerprint density at radius 3 is 1.63 bits per heavy atom. The quantitative estimate of drug-likeness (QED) is 0.119. The van der Waals surface area contributed by atoms with Gasteiger partial charge in [0, 0.05) is 63.8 Å². The highest BCUT2D eigenvalue weighted by Crippen LogP contribution is 2.55. The van der Waals surface area contributed by atoms with Crippen LogP contribution in [0.2, 0.25) is 0 Å². The van der Waals surface area contributed by atoms with E-state index in [1.165, 1.54) is 19.3 Å². The zero-order chi connectivity index (χ0) is 43.6. The van der Waals surface area contributed by atoms with E-state index in [0.29, 0.717) is 30.9 Å². The summed E-state index contributed by atoms with van der Waals surface area (Å²) in [7, 11) is 0. The van der Waals surface area contributed by atoms with Gasteiger partial charge in [0.2, 0.25) is 0 Å². The van der Waals surface area contributed by atoms with Crippen molar-refractivity contribution in [1.82, 2.24) is 20.6 Å². The Balaban J connectivity index is 0.000000188. The fourth-order valence-corrected chi connectivity index (χ4v) is 13.0.